The maximum absolute atomic E-state index is 6.61. The molecule has 0 radical (unpaired) electrons. The molecule has 0 nitrogen and oxygen atoms in total. The molecule has 4 bridgehead atoms. The van der Waals surface area contributed by atoms with Gasteiger partial charge in [0.1, 0.15) is 0 Å². The van der Waals surface area contributed by atoms with E-state index in [1.54, 1.807) is 0 Å². The van der Waals surface area contributed by atoms with Crippen LogP contribution in [-0.4, -0.2) is 12.4 Å². The number of alkyl halides is 1. The molecule has 0 spiro atoms. The SMILES string of the molecule is CC(C)(c1ccccc1)P(I)BC1C2CC3C(C2Cl)C13. The van der Waals surface area contributed by atoms with Gasteiger partial charge in [0.05, 0.1) is 0 Å². The molecule has 0 N–H and O–H groups in total. The molecule has 5 rings (SSSR count). The lowest BCUT2D eigenvalue weighted by atomic mass is 9.78. The highest BCUT2D eigenvalue weighted by Crippen LogP contribution is 2.79. The molecule has 20 heavy (non-hydrogen) atoms. The summed E-state index contributed by atoms with van der Waals surface area (Å²) in [6, 6.07) is 11.1. The molecule has 7 atom stereocenters. The first-order valence-electron chi connectivity index (χ1n) is 7.65. The Bertz CT molecular complexity index is 522. The van der Waals surface area contributed by atoms with Gasteiger partial charge in [-0.25, -0.2) is 0 Å². The summed E-state index contributed by atoms with van der Waals surface area (Å²) in [6.07, 6.45) is 1.44. The Morgan fingerprint density at radius 1 is 1.20 bits per heavy atom. The van der Waals surface area contributed by atoms with Gasteiger partial charge in [0.15, 0.2) is 7.00 Å². The highest BCUT2D eigenvalue weighted by molar-refractivity contribution is 14.2. The van der Waals surface area contributed by atoms with Gasteiger partial charge in [-0.2, -0.15) is 0 Å². The lowest BCUT2D eigenvalue weighted by molar-refractivity contribution is 0.607. The Kier molecular flexibility index (Phi) is 3.49. The van der Waals surface area contributed by atoms with Crippen LogP contribution in [0.15, 0.2) is 30.3 Å². The molecule has 0 aliphatic heterocycles. The third-order valence-corrected chi connectivity index (χ3v) is 13.7. The van der Waals surface area contributed by atoms with E-state index in [1.165, 1.54) is 19.0 Å². The number of benzene rings is 1. The van der Waals surface area contributed by atoms with Gasteiger partial charge in [0, 0.05) is 10.5 Å². The van der Waals surface area contributed by atoms with Crippen molar-refractivity contribution in [1.29, 1.82) is 0 Å². The minimum absolute atomic E-state index is 0.0187. The zero-order valence-corrected chi connectivity index (χ0v) is 15.8. The second-order valence-corrected chi connectivity index (χ2v) is 13.5. The molecule has 7 unspecified atom stereocenters. The molecular weight excluding hydrogens is 396 g/mol. The fourth-order valence-electron chi connectivity index (χ4n) is 4.88. The molecule has 0 amide bonds. The van der Waals surface area contributed by atoms with Crippen LogP contribution in [0.2, 0.25) is 5.82 Å². The first kappa shape index (κ1) is 14.3. The van der Waals surface area contributed by atoms with E-state index < -0.39 is 0 Å². The van der Waals surface area contributed by atoms with Crippen LogP contribution in [0.5, 0.6) is 0 Å². The second kappa shape index (κ2) is 4.86. The smallest absolute Gasteiger partial charge is 0.122 e. The minimum Gasteiger partial charge on any atom is -0.122 e. The molecule has 4 aliphatic rings. The molecule has 4 heteroatoms. The molecular formula is C16H20BClIP. The van der Waals surface area contributed by atoms with Crippen molar-refractivity contribution < 1.29 is 0 Å². The van der Waals surface area contributed by atoms with Gasteiger partial charge in [-0.15, -0.1) is 11.6 Å². The Labute approximate surface area is 141 Å². The fraction of sp³-hybridized carbons (Fsp3) is 0.625. The molecule has 0 heterocycles. The van der Waals surface area contributed by atoms with E-state index in [9.17, 15) is 0 Å². The highest BCUT2D eigenvalue weighted by atomic mass is 127. The van der Waals surface area contributed by atoms with Crippen molar-refractivity contribution in [2.75, 3.05) is 0 Å². The van der Waals surface area contributed by atoms with Crippen molar-refractivity contribution in [3.63, 3.8) is 0 Å². The zero-order chi connectivity index (χ0) is 14.1. The van der Waals surface area contributed by atoms with Gasteiger partial charge in [-0.3, -0.25) is 0 Å². The van der Waals surface area contributed by atoms with Crippen molar-refractivity contribution >= 4 is 46.1 Å². The Hall–Kier alpha value is 0.735. The third kappa shape index (κ3) is 1.97. The number of hydrogen-bond acceptors (Lipinski definition) is 0. The topological polar surface area (TPSA) is 0 Å². The number of rotatable bonds is 4. The molecule has 4 aliphatic carbocycles. The minimum atomic E-state index is -0.0187. The van der Waals surface area contributed by atoms with Crippen LogP contribution < -0.4 is 0 Å². The molecule has 106 valence electrons. The predicted molar refractivity (Wildman–Crippen MR) is 99.5 cm³/mol. The van der Waals surface area contributed by atoms with Crippen LogP contribution in [0.1, 0.15) is 25.8 Å². The molecule has 1 aromatic rings. The summed E-state index contributed by atoms with van der Waals surface area (Å²) in [5, 5.41) is 0.839. The van der Waals surface area contributed by atoms with Gasteiger partial charge in [-0.05, 0) is 35.7 Å². The third-order valence-electron chi connectivity index (χ3n) is 6.12. The van der Waals surface area contributed by atoms with E-state index >= 15 is 0 Å². The quantitative estimate of drug-likeness (QED) is 0.267. The van der Waals surface area contributed by atoms with Gasteiger partial charge < -0.3 is 0 Å². The average Bonchev–Trinajstić information content (AvgIpc) is 2.76. The maximum atomic E-state index is 6.61. The molecule has 1 aromatic carbocycles. The standard InChI is InChI=1S/C16H20BClIP/c1-16(2,9-6-4-3-5-7-9)20(19)17-14-11-8-10-12(14)13(10)15(11)18/h3-7,10-15,17H,8H2,1-2H3. The van der Waals surface area contributed by atoms with Crippen molar-refractivity contribution in [3.8, 4) is 0 Å². The van der Waals surface area contributed by atoms with E-state index in [-0.39, 0.29) is 5.44 Å². The molecule has 0 aromatic heterocycles. The van der Waals surface area contributed by atoms with Crippen LogP contribution in [0.25, 0.3) is 0 Å². The first-order valence-corrected chi connectivity index (χ1v) is 12.4. The van der Waals surface area contributed by atoms with E-state index in [4.69, 9.17) is 11.6 Å². The van der Waals surface area contributed by atoms with E-state index in [0.29, 0.717) is 10.5 Å². The van der Waals surface area contributed by atoms with Crippen molar-refractivity contribution in [3.05, 3.63) is 35.9 Å². The summed E-state index contributed by atoms with van der Waals surface area (Å²) in [6.45, 7) is 6.29. The van der Waals surface area contributed by atoms with Crippen molar-refractivity contribution in [2.24, 2.45) is 23.7 Å². The summed E-state index contributed by atoms with van der Waals surface area (Å²) < 4.78 is 0. The van der Waals surface area contributed by atoms with E-state index in [1.807, 2.05) is 0 Å². The predicted octanol–water partition coefficient (Wildman–Crippen LogP) is 5.40. The largest absolute Gasteiger partial charge is 0.170 e. The van der Waals surface area contributed by atoms with Crippen LogP contribution >= 0.6 is 39.1 Å². The Morgan fingerprint density at radius 3 is 2.40 bits per heavy atom. The molecule has 4 fully saturated rings. The fourth-order valence-corrected chi connectivity index (χ4v) is 9.49. The van der Waals surface area contributed by atoms with Crippen LogP contribution in [-0.2, 0) is 5.16 Å². The van der Waals surface area contributed by atoms with Gasteiger partial charge >= 0.3 is 0 Å². The molecule has 0 saturated heterocycles. The zero-order valence-electron chi connectivity index (χ0n) is 12.0. The summed E-state index contributed by atoms with van der Waals surface area (Å²) in [7, 11) is 0. The Morgan fingerprint density at radius 2 is 1.90 bits per heavy atom. The molecule has 4 saturated carbocycles. The lowest BCUT2D eigenvalue weighted by Crippen LogP contribution is -2.19. The summed E-state index contributed by atoms with van der Waals surface area (Å²) in [5.41, 5.74) is 1.48. The maximum Gasteiger partial charge on any atom is 0.170 e. The number of hydrogen-bond donors (Lipinski definition) is 0. The van der Waals surface area contributed by atoms with Crippen LogP contribution in [0.3, 0.4) is 0 Å². The van der Waals surface area contributed by atoms with Gasteiger partial charge in [0.25, 0.3) is 0 Å². The average molecular weight is 416 g/mol. The van der Waals surface area contributed by atoms with E-state index in [2.05, 4.69) is 66.2 Å². The van der Waals surface area contributed by atoms with Crippen LogP contribution in [0.4, 0.5) is 0 Å². The normalized spacial score (nSPS) is 42.6. The van der Waals surface area contributed by atoms with Crippen molar-refractivity contribution in [1.82, 2.24) is 0 Å². The first-order chi connectivity index (χ1) is 9.51. The van der Waals surface area contributed by atoms with E-state index in [0.717, 1.165) is 29.5 Å². The Balaban J connectivity index is 1.50. The lowest BCUT2D eigenvalue weighted by Gasteiger charge is -2.33. The van der Waals surface area contributed by atoms with Crippen molar-refractivity contribution in [2.45, 2.75) is 36.6 Å². The summed E-state index contributed by atoms with van der Waals surface area (Å²) in [5.74, 6) is 4.73. The van der Waals surface area contributed by atoms with Crippen LogP contribution in [0, 0.1) is 23.7 Å². The number of halogens is 2. The highest BCUT2D eigenvalue weighted by Gasteiger charge is 2.72. The summed E-state index contributed by atoms with van der Waals surface area (Å²) in [4.78, 5) is 0. The monoisotopic (exact) mass is 416 g/mol. The summed E-state index contributed by atoms with van der Waals surface area (Å²) >= 11 is 9.37. The second-order valence-electron chi connectivity index (χ2n) is 7.30. The van der Waals surface area contributed by atoms with Gasteiger partial charge in [-0.1, -0.05) is 77.5 Å². The van der Waals surface area contributed by atoms with Gasteiger partial charge in [0.2, 0.25) is 0 Å².